The number of carbonyl (C=O) groups is 1. The standard InChI is InChI=1S/C21H20N2O3/c1-21(2)11-14-17-13(10-16(25-3)19(14)26-21)9-15(20(22)24)23-18(17)12-7-5-4-6-8-12/h4-10H,11H2,1-3H3,(H2,22,24). The third kappa shape index (κ3) is 2.56. The number of methoxy groups -OCH3 is 1. The van der Waals surface area contributed by atoms with Crippen LogP contribution in [0.15, 0.2) is 42.5 Å². The lowest BCUT2D eigenvalue weighted by atomic mass is 9.93. The molecule has 0 atom stereocenters. The number of nitrogens with zero attached hydrogens (tertiary/aromatic N) is 1. The Bertz CT molecular complexity index is 1030. The monoisotopic (exact) mass is 348 g/mol. The highest BCUT2D eigenvalue weighted by Gasteiger charge is 2.35. The molecule has 2 N–H and O–H groups in total. The fraction of sp³-hybridized carbons (Fsp3) is 0.238. The van der Waals surface area contributed by atoms with Gasteiger partial charge in [0.15, 0.2) is 11.5 Å². The number of hydrogen-bond acceptors (Lipinski definition) is 4. The average Bonchev–Trinajstić information content (AvgIpc) is 2.95. The summed E-state index contributed by atoms with van der Waals surface area (Å²) in [6.07, 6.45) is 0.730. The summed E-state index contributed by atoms with van der Waals surface area (Å²) >= 11 is 0. The number of amides is 1. The van der Waals surface area contributed by atoms with E-state index < -0.39 is 5.91 Å². The van der Waals surface area contributed by atoms with Crippen LogP contribution in [0.1, 0.15) is 29.9 Å². The molecule has 0 spiro atoms. The fourth-order valence-corrected chi connectivity index (χ4v) is 3.57. The molecule has 5 heteroatoms. The van der Waals surface area contributed by atoms with Crippen LogP contribution in [0.4, 0.5) is 0 Å². The van der Waals surface area contributed by atoms with Crippen LogP contribution in [0.5, 0.6) is 11.5 Å². The molecule has 1 aliphatic rings. The second-order valence-electron chi connectivity index (χ2n) is 7.11. The van der Waals surface area contributed by atoms with Gasteiger partial charge in [0.05, 0.1) is 12.8 Å². The van der Waals surface area contributed by atoms with E-state index in [0.29, 0.717) is 5.75 Å². The normalized spacial score (nSPS) is 14.7. The molecule has 0 aliphatic carbocycles. The molecule has 2 heterocycles. The first-order chi connectivity index (χ1) is 12.4. The van der Waals surface area contributed by atoms with Gasteiger partial charge in [0, 0.05) is 22.9 Å². The summed E-state index contributed by atoms with van der Waals surface area (Å²) in [4.78, 5) is 16.4. The van der Waals surface area contributed by atoms with Crippen molar-refractivity contribution in [1.82, 2.24) is 4.98 Å². The zero-order valence-electron chi connectivity index (χ0n) is 15.0. The van der Waals surface area contributed by atoms with Gasteiger partial charge in [-0.05, 0) is 31.4 Å². The number of pyridine rings is 1. The van der Waals surface area contributed by atoms with Crippen LogP contribution < -0.4 is 15.2 Å². The Morgan fingerprint density at radius 1 is 1.23 bits per heavy atom. The number of ether oxygens (including phenoxy) is 2. The molecule has 0 saturated carbocycles. The third-order valence-corrected chi connectivity index (χ3v) is 4.64. The number of benzene rings is 2. The van der Waals surface area contributed by atoms with Gasteiger partial charge in [-0.2, -0.15) is 0 Å². The van der Waals surface area contributed by atoms with Crippen molar-refractivity contribution in [3.8, 4) is 22.8 Å². The second kappa shape index (κ2) is 5.73. The predicted octanol–water partition coefficient (Wildman–Crippen LogP) is 3.72. The summed E-state index contributed by atoms with van der Waals surface area (Å²) in [5, 5.41) is 1.84. The highest BCUT2D eigenvalue weighted by atomic mass is 16.5. The zero-order chi connectivity index (χ0) is 18.5. The van der Waals surface area contributed by atoms with Gasteiger partial charge in [-0.1, -0.05) is 30.3 Å². The highest BCUT2D eigenvalue weighted by molar-refractivity contribution is 6.04. The fourth-order valence-electron chi connectivity index (χ4n) is 3.57. The molecule has 0 saturated heterocycles. The molecule has 0 radical (unpaired) electrons. The SMILES string of the molecule is COc1cc2cc(C(N)=O)nc(-c3ccccc3)c2c2c1OC(C)(C)C2. The van der Waals surface area contributed by atoms with E-state index in [2.05, 4.69) is 4.98 Å². The molecular weight excluding hydrogens is 328 g/mol. The van der Waals surface area contributed by atoms with E-state index >= 15 is 0 Å². The molecule has 0 unspecified atom stereocenters. The summed E-state index contributed by atoms with van der Waals surface area (Å²) in [5.74, 6) is 0.842. The minimum atomic E-state index is -0.555. The van der Waals surface area contributed by atoms with Crippen LogP contribution in [0.2, 0.25) is 0 Å². The number of fused-ring (bicyclic) bond motifs is 3. The lowest BCUT2D eigenvalue weighted by molar-refractivity contribution is 0.0996. The van der Waals surface area contributed by atoms with Crippen molar-refractivity contribution in [3.63, 3.8) is 0 Å². The Labute approximate surface area is 151 Å². The minimum Gasteiger partial charge on any atom is -0.493 e. The molecule has 3 aromatic rings. The maximum atomic E-state index is 11.8. The van der Waals surface area contributed by atoms with Crippen LogP contribution in [0.25, 0.3) is 22.0 Å². The molecule has 4 rings (SSSR count). The van der Waals surface area contributed by atoms with Crippen molar-refractivity contribution >= 4 is 16.7 Å². The molecule has 1 aromatic heterocycles. The van der Waals surface area contributed by atoms with Crippen molar-refractivity contribution in [2.45, 2.75) is 25.9 Å². The molecule has 1 aliphatic heterocycles. The van der Waals surface area contributed by atoms with Gasteiger partial charge >= 0.3 is 0 Å². The molecule has 5 nitrogen and oxygen atoms in total. The maximum Gasteiger partial charge on any atom is 0.267 e. The van der Waals surface area contributed by atoms with Crippen LogP contribution in [-0.2, 0) is 6.42 Å². The quantitative estimate of drug-likeness (QED) is 0.783. The van der Waals surface area contributed by atoms with Crippen molar-refractivity contribution < 1.29 is 14.3 Å². The highest BCUT2D eigenvalue weighted by Crippen LogP contribution is 2.48. The van der Waals surface area contributed by atoms with E-state index in [0.717, 1.165) is 39.8 Å². The van der Waals surface area contributed by atoms with Crippen molar-refractivity contribution in [2.75, 3.05) is 7.11 Å². The van der Waals surface area contributed by atoms with Gasteiger partial charge in [-0.15, -0.1) is 0 Å². The van der Waals surface area contributed by atoms with Crippen LogP contribution in [-0.4, -0.2) is 23.6 Å². The number of primary amides is 1. The molecular formula is C21H20N2O3. The molecule has 2 aromatic carbocycles. The first kappa shape index (κ1) is 16.4. The minimum absolute atomic E-state index is 0.233. The first-order valence-electron chi connectivity index (χ1n) is 8.48. The van der Waals surface area contributed by atoms with E-state index in [1.54, 1.807) is 13.2 Å². The molecule has 26 heavy (non-hydrogen) atoms. The van der Waals surface area contributed by atoms with Crippen LogP contribution >= 0.6 is 0 Å². The van der Waals surface area contributed by atoms with Gasteiger partial charge in [0.2, 0.25) is 0 Å². The molecule has 0 fully saturated rings. The number of nitrogens with two attached hydrogens (primary N) is 1. The second-order valence-corrected chi connectivity index (χ2v) is 7.11. The molecule has 1 amide bonds. The van der Waals surface area contributed by atoms with E-state index in [4.69, 9.17) is 15.2 Å². The number of hydrogen-bond donors (Lipinski definition) is 1. The largest absolute Gasteiger partial charge is 0.493 e. The Morgan fingerprint density at radius 2 is 1.96 bits per heavy atom. The van der Waals surface area contributed by atoms with E-state index in [-0.39, 0.29) is 11.3 Å². The lowest BCUT2D eigenvalue weighted by Crippen LogP contribution is -2.24. The summed E-state index contributed by atoms with van der Waals surface area (Å²) in [6, 6.07) is 13.4. The summed E-state index contributed by atoms with van der Waals surface area (Å²) < 4.78 is 11.7. The van der Waals surface area contributed by atoms with Gasteiger partial charge in [0.25, 0.3) is 5.91 Å². The van der Waals surface area contributed by atoms with E-state index in [1.807, 2.05) is 50.2 Å². The Kier molecular flexibility index (Phi) is 3.61. The summed E-state index contributed by atoms with van der Waals surface area (Å²) in [7, 11) is 1.62. The Balaban J connectivity index is 2.12. The van der Waals surface area contributed by atoms with E-state index in [1.165, 1.54) is 0 Å². The Hall–Kier alpha value is -3.08. The van der Waals surface area contributed by atoms with Crippen molar-refractivity contribution in [3.05, 3.63) is 53.7 Å². The summed E-state index contributed by atoms with van der Waals surface area (Å²) in [5.41, 5.74) is 8.13. The summed E-state index contributed by atoms with van der Waals surface area (Å²) in [6.45, 7) is 4.09. The topological polar surface area (TPSA) is 74.4 Å². The number of rotatable bonds is 3. The van der Waals surface area contributed by atoms with Crippen molar-refractivity contribution in [2.24, 2.45) is 5.73 Å². The number of carbonyl (C=O) groups excluding carboxylic acids is 1. The van der Waals surface area contributed by atoms with Crippen LogP contribution in [0.3, 0.4) is 0 Å². The van der Waals surface area contributed by atoms with Gasteiger partial charge in [0.1, 0.15) is 11.3 Å². The number of aromatic nitrogens is 1. The van der Waals surface area contributed by atoms with Gasteiger partial charge < -0.3 is 15.2 Å². The van der Waals surface area contributed by atoms with Crippen LogP contribution in [0, 0.1) is 0 Å². The smallest absolute Gasteiger partial charge is 0.267 e. The maximum absolute atomic E-state index is 11.8. The third-order valence-electron chi connectivity index (χ3n) is 4.64. The Morgan fingerprint density at radius 3 is 2.62 bits per heavy atom. The zero-order valence-corrected chi connectivity index (χ0v) is 15.0. The molecule has 0 bridgehead atoms. The first-order valence-corrected chi connectivity index (χ1v) is 8.48. The molecule has 132 valence electrons. The van der Waals surface area contributed by atoms with Gasteiger partial charge in [-0.25, -0.2) is 4.98 Å². The lowest BCUT2D eigenvalue weighted by Gasteiger charge is -2.17. The van der Waals surface area contributed by atoms with Crippen molar-refractivity contribution in [1.29, 1.82) is 0 Å². The predicted molar refractivity (Wildman–Crippen MR) is 101 cm³/mol. The van der Waals surface area contributed by atoms with Gasteiger partial charge in [-0.3, -0.25) is 4.79 Å². The average molecular weight is 348 g/mol. The van der Waals surface area contributed by atoms with E-state index in [9.17, 15) is 4.79 Å².